The van der Waals surface area contributed by atoms with Crippen LogP contribution in [0.3, 0.4) is 0 Å². The molecule has 2 rings (SSSR count). The Hall–Kier alpha value is -2.21. The van der Waals surface area contributed by atoms with Crippen LogP contribution in [-0.4, -0.2) is 16.6 Å². The third-order valence-electron chi connectivity index (χ3n) is 3.32. The van der Waals surface area contributed by atoms with E-state index < -0.39 is 0 Å². The van der Waals surface area contributed by atoms with E-state index in [0.717, 1.165) is 24.0 Å². The molecule has 0 atom stereocenters. The highest BCUT2D eigenvalue weighted by molar-refractivity contribution is 6.17. The summed E-state index contributed by atoms with van der Waals surface area (Å²) in [7, 11) is 0. The molecule has 124 valence electrons. The van der Waals surface area contributed by atoms with Gasteiger partial charge in [0.25, 0.3) is 0 Å². The Morgan fingerprint density at radius 3 is 2.48 bits per heavy atom. The molecule has 1 aromatic carbocycles. The number of halogens is 1. The number of nitrogens with one attached hydrogen (secondary N) is 1. The average Bonchev–Trinajstić information content (AvgIpc) is 2.57. The third-order valence-corrected chi connectivity index (χ3v) is 3.63. The van der Waals surface area contributed by atoms with Crippen molar-refractivity contribution in [2.24, 2.45) is 0 Å². The maximum atomic E-state index is 5.93. The molecule has 7 heteroatoms. The van der Waals surface area contributed by atoms with Gasteiger partial charge in [0.05, 0.1) is 6.61 Å². The van der Waals surface area contributed by atoms with Crippen LogP contribution in [0.25, 0.3) is 0 Å². The summed E-state index contributed by atoms with van der Waals surface area (Å²) in [6, 6.07) is 8.22. The predicted octanol–water partition coefficient (Wildman–Crippen LogP) is 3.17. The maximum absolute atomic E-state index is 5.93. The quantitative estimate of drug-likeness (QED) is 0.506. The van der Waals surface area contributed by atoms with E-state index in [1.165, 1.54) is 0 Å². The standard InChI is InChI=1S/C16H22ClN5O/c1-2-3-8-23-16-21-14(19)13(18)15(22-16)20-10-12-6-4-11(9-17)5-7-12/h4-7H,2-3,8-10,18H2,1H3,(H3,19,20,21,22). The van der Waals surface area contributed by atoms with Crippen molar-refractivity contribution in [1.82, 2.24) is 9.97 Å². The first-order valence-electron chi connectivity index (χ1n) is 7.57. The van der Waals surface area contributed by atoms with Crippen molar-refractivity contribution in [3.05, 3.63) is 35.4 Å². The average molecular weight is 336 g/mol. The van der Waals surface area contributed by atoms with Gasteiger partial charge >= 0.3 is 6.01 Å². The molecule has 0 aliphatic carbocycles. The predicted molar refractivity (Wildman–Crippen MR) is 94.6 cm³/mol. The first kappa shape index (κ1) is 17.1. The second-order valence-electron chi connectivity index (χ2n) is 5.16. The zero-order chi connectivity index (χ0) is 16.7. The van der Waals surface area contributed by atoms with Gasteiger partial charge in [0, 0.05) is 12.4 Å². The maximum Gasteiger partial charge on any atom is 0.320 e. The molecule has 0 spiro atoms. The number of benzene rings is 1. The number of hydrogen-bond acceptors (Lipinski definition) is 6. The molecule has 6 nitrogen and oxygen atoms in total. The van der Waals surface area contributed by atoms with Gasteiger partial charge in [-0.25, -0.2) is 0 Å². The van der Waals surface area contributed by atoms with Gasteiger partial charge in [-0.05, 0) is 17.5 Å². The van der Waals surface area contributed by atoms with Gasteiger partial charge < -0.3 is 21.5 Å². The number of rotatable bonds is 8. The van der Waals surface area contributed by atoms with E-state index in [1.54, 1.807) is 0 Å². The SMILES string of the molecule is CCCCOc1nc(N)c(N)c(NCc2ccc(CCl)cc2)n1. The second kappa shape index (κ2) is 8.43. The number of ether oxygens (including phenoxy) is 1. The van der Waals surface area contributed by atoms with Crippen LogP contribution >= 0.6 is 11.6 Å². The first-order valence-corrected chi connectivity index (χ1v) is 8.11. The monoisotopic (exact) mass is 335 g/mol. The molecule has 0 bridgehead atoms. The molecule has 1 heterocycles. The minimum absolute atomic E-state index is 0.214. The van der Waals surface area contributed by atoms with Crippen molar-refractivity contribution in [3.63, 3.8) is 0 Å². The molecule has 0 saturated heterocycles. The van der Waals surface area contributed by atoms with E-state index in [2.05, 4.69) is 22.2 Å². The Balaban J connectivity index is 2.05. The minimum Gasteiger partial charge on any atom is -0.463 e. The number of alkyl halides is 1. The molecule has 1 aromatic heterocycles. The summed E-state index contributed by atoms with van der Waals surface area (Å²) in [5.41, 5.74) is 14.2. The first-order chi connectivity index (χ1) is 11.1. The van der Waals surface area contributed by atoms with E-state index in [1.807, 2.05) is 24.3 Å². The molecule has 0 radical (unpaired) electrons. The number of nitrogens with zero attached hydrogens (tertiary/aromatic N) is 2. The highest BCUT2D eigenvalue weighted by Gasteiger charge is 2.10. The fraction of sp³-hybridized carbons (Fsp3) is 0.375. The summed E-state index contributed by atoms with van der Waals surface area (Å²) >= 11 is 5.78. The van der Waals surface area contributed by atoms with Crippen molar-refractivity contribution in [2.45, 2.75) is 32.2 Å². The van der Waals surface area contributed by atoms with Crippen LogP contribution in [0.4, 0.5) is 17.3 Å². The topological polar surface area (TPSA) is 99.1 Å². The summed E-state index contributed by atoms with van der Waals surface area (Å²) in [5.74, 6) is 1.19. The molecule has 0 saturated carbocycles. The summed E-state index contributed by atoms with van der Waals surface area (Å²) in [6.45, 7) is 3.21. The smallest absolute Gasteiger partial charge is 0.320 e. The van der Waals surface area contributed by atoms with Crippen LogP contribution in [0.15, 0.2) is 24.3 Å². The van der Waals surface area contributed by atoms with Gasteiger partial charge in [-0.2, -0.15) is 9.97 Å². The number of nitrogens with two attached hydrogens (primary N) is 2. The molecule has 23 heavy (non-hydrogen) atoms. The number of anilines is 3. The molecular weight excluding hydrogens is 314 g/mol. The summed E-state index contributed by atoms with van der Waals surface area (Å²) in [4.78, 5) is 8.33. The number of nitrogen functional groups attached to an aromatic ring is 2. The molecule has 2 aromatic rings. The lowest BCUT2D eigenvalue weighted by Gasteiger charge is -2.12. The van der Waals surface area contributed by atoms with Crippen molar-refractivity contribution >= 4 is 28.9 Å². The number of aromatic nitrogens is 2. The van der Waals surface area contributed by atoms with E-state index in [-0.39, 0.29) is 11.8 Å². The largest absolute Gasteiger partial charge is 0.463 e. The molecule has 0 aliphatic rings. The van der Waals surface area contributed by atoms with Gasteiger partial charge in [0.1, 0.15) is 5.69 Å². The van der Waals surface area contributed by atoms with Gasteiger partial charge in [0.2, 0.25) is 0 Å². The Morgan fingerprint density at radius 2 is 1.83 bits per heavy atom. The Bertz CT molecular complexity index is 633. The van der Waals surface area contributed by atoms with Gasteiger partial charge in [-0.3, -0.25) is 0 Å². The molecule has 0 amide bonds. The number of unbranched alkanes of at least 4 members (excludes halogenated alkanes) is 1. The third kappa shape index (κ3) is 4.89. The van der Waals surface area contributed by atoms with Crippen LogP contribution in [0.5, 0.6) is 6.01 Å². The molecule has 0 aliphatic heterocycles. The highest BCUT2D eigenvalue weighted by Crippen LogP contribution is 2.24. The zero-order valence-corrected chi connectivity index (χ0v) is 13.9. The molecular formula is C16H22ClN5O. The van der Waals surface area contributed by atoms with Gasteiger partial charge in [0.15, 0.2) is 11.6 Å². The van der Waals surface area contributed by atoms with E-state index in [0.29, 0.717) is 30.5 Å². The van der Waals surface area contributed by atoms with Crippen molar-refractivity contribution in [1.29, 1.82) is 0 Å². The van der Waals surface area contributed by atoms with E-state index in [4.69, 9.17) is 27.8 Å². The van der Waals surface area contributed by atoms with Crippen LogP contribution < -0.4 is 21.5 Å². The van der Waals surface area contributed by atoms with E-state index >= 15 is 0 Å². The summed E-state index contributed by atoms with van der Waals surface area (Å²) in [6.07, 6.45) is 1.97. The zero-order valence-electron chi connectivity index (χ0n) is 13.2. The lowest BCUT2D eigenvalue weighted by atomic mass is 10.1. The summed E-state index contributed by atoms with van der Waals surface area (Å²) < 4.78 is 5.49. The fourth-order valence-corrected chi connectivity index (χ4v) is 2.08. The van der Waals surface area contributed by atoms with Crippen molar-refractivity contribution < 1.29 is 4.74 Å². The van der Waals surface area contributed by atoms with Crippen LogP contribution in [0.2, 0.25) is 0 Å². The van der Waals surface area contributed by atoms with Crippen molar-refractivity contribution in [2.75, 3.05) is 23.4 Å². The Kier molecular flexibility index (Phi) is 6.29. The van der Waals surface area contributed by atoms with Crippen LogP contribution in [0, 0.1) is 0 Å². The molecule has 0 fully saturated rings. The van der Waals surface area contributed by atoms with Gasteiger partial charge in [-0.15, -0.1) is 11.6 Å². The Labute approximate surface area is 141 Å². The van der Waals surface area contributed by atoms with Crippen LogP contribution in [-0.2, 0) is 12.4 Å². The fourth-order valence-electron chi connectivity index (χ4n) is 1.90. The van der Waals surface area contributed by atoms with Crippen molar-refractivity contribution in [3.8, 4) is 6.01 Å². The van der Waals surface area contributed by atoms with Gasteiger partial charge in [-0.1, -0.05) is 37.6 Å². The minimum atomic E-state index is 0.214. The molecule has 5 N–H and O–H groups in total. The lowest BCUT2D eigenvalue weighted by Crippen LogP contribution is -2.11. The number of hydrogen-bond donors (Lipinski definition) is 3. The van der Waals surface area contributed by atoms with Crippen LogP contribution in [0.1, 0.15) is 30.9 Å². The summed E-state index contributed by atoms with van der Waals surface area (Å²) in [5, 5.41) is 3.17. The highest BCUT2D eigenvalue weighted by atomic mass is 35.5. The normalized spacial score (nSPS) is 10.5. The Morgan fingerprint density at radius 1 is 1.13 bits per heavy atom. The second-order valence-corrected chi connectivity index (χ2v) is 5.43. The lowest BCUT2D eigenvalue weighted by molar-refractivity contribution is 0.286. The molecule has 0 unspecified atom stereocenters. The van der Waals surface area contributed by atoms with E-state index in [9.17, 15) is 0 Å².